The second-order valence-corrected chi connectivity index (χ2v) is 13.2. The zero-order chi connectivity index (χ0) is 40.5. The summed E-state index contributed by atoms with van der Waals surface area (Å²) in [5, 5.41) is 22.1. The summed E-state index contributed by atoms with van der Waals surface area (Å²) in [4.78, 5) is 76.6. The molecule has 2 heterocycles. The Bertz CT molecular complexity index is 2780. The van der Waals surface area contributed by atoms with E-state index in [4.69, 9.17) is 0 Å². The van der Waals surface area contributed by atoms with Crippen LogP contribution in [0, 0.1) is 27.2 Å². The number of anilines is 2. The number of nitro benzene ring substituents is 2. The van der Waals surface area contributed by atoms with Gasteiger partial charge in [0.25, 0.3) is 35.0 Å². The predicted molar refractivity (Wildman–Crippen MR) is 201 cm³/mol. The van der Waals surface area contributed by atoms with Crippen molar-refractivity contribution in [2.45, 2.75) is 13.1 Å². The topological polar surface area (TPSA) is 161 Å². The SMILES string of the molecule is Cc1cc(N2C(=O)c3ccc(-c4ccc([N+](=O)[O-])cc4)cc3C2=O)ccc1-c1ccc(N2C(=O)c3ccc(-c4ccc([N+](=O)[O-])cc4)cc3C2=O)cc1C(F)(F)F. The highest BCUT2D eigenvalue weighted by Gasteiger charge is 2.41. The minimum absolute atomic E-state index is 0.0227. The Morgan fingerprint density at radius 1 is 0.456 bits per heavy atom. The van der Waals surface area contributed by atoms with Crippen molar-refractivity contribution in [1.29, 1.82) is 0 Å². The van der Waals surface area contributed by atoms with Crippen LogP contribution in [0.2, 0.25) is 0 Å². The smallest absolute Gasteiger partial charge is 0.268 e. The number of hydrogen-bond acceptors (Lipinski definition) is 8. The summed E-state index contributed by atoms with van der Waals surface area (Å²) < 4.78 is 44.2. The number of non-ortho nitro benzene ring substituents is 2. The maximum Gasteiger partial charge on any atom is 0.417 e. The van der Waals surface area contributed by atoms with Crippen LogP contribution in [0.3, 0.4) is 0 Å². The molecule has 4 amide bonds. The number of amides is 4. The summed E-state index contributed by atoms with van der Waals surface area (Å²) in [5.41, 5.74) is 0.741. The highest BCUT2D eigenvalue weighted by atomic mass is 19.4. The van der Waals surface area contributed by atoms with Crippen molar-refractivity contribution in [3.8, 4) is 33.4 Å². The molecular formula is C42H23F3N4O8. The summed E-state index contributed by atoms with van der Waals surface area (Å²) in [7, 11) is 0. The van der Waals surface area contributed by atoms with Crippen molar-refractivity contribution in [2.24, 2.45) is 0 Å². The molecule has 0 bridgehead atoms. The summed E-state index contributed by atoms with van der Waals surface area (Å²) in [5.74, 6) is -2.97. The van der Waals surface area contributed by atoms with E-state index in [1.54, 1.807) is 6.07 Å². The zero-order valence-electron chi connectivity index (χ0n) is 29.2. The van der Waals surface area contributed by atoms with Crippen molar-refractivity contribution in [1.82, 2.24) is 0 Å². The third kappa shape index (κ3) is 6.07. The molecule has 0 spiro atoms. The summed E-state index contributed by atoms with van der Waals surface area (Å²) in [6, 6.07) is 27.3. The molecule has 280 valence electrons. The highest BCUT2D eigenvalue weighted by Crippen LogP contribution is 2.43. The van der Waals surface area contributed by atoms with Crippen LogP contribution in [0.25, 0.3) is 33.4 Å². The lowest BCUT2D eigenvalue weighted by Gasteiger charge is -2.21. The van der Waals surface area contributed by atoms with Gasteiger partial charge < -0.3 is 0 Å². The van der Waals surface area contributed by atoms with Gasteiger partial charge in [-0.1, -0.05) is 24.3 Å². The van der Waals surface area contributed by atoms with E-state index in [2.05, 4.69) is 0 Å². The Hall–Kier alpha value is -7.81. The van der Waals surface area contributed by atoms with Gasteiger partial charge in [0.15, 0.2) is 0 Å². The van der Waals surface area contributed by atoms with E-state index < -0.39 is 45.2 Å². The standard InChI is InChI=1S/C42H23F3N4O8/c1-22-18-29(46-38(50)33-14-6-25(19-35(33)40(46)52)23-2-8-27(9-3-23)48(54)55)12-16-31(22)32-17-13-30(21-37(32)42(43,44)45)47-39(51)34-15-7-26(20-36(34)41(47)53)24-4-10-28(11-5-24)49(56)57/h2-21H,1H3. The largest absolute Gasteiger partial charge is 0.417 e. The number of nitro groups is 2. The molecule has 0 radical (unpaired) electrons. The fourth-order valence-corrected chi connectivity index (χ4v) is 7.09. The first-order valence-electron chi connectivity index (χ1n) is 17.0. The van der Waals surface area contributed by atoms with Crippen LogP contribution in [-0.4, -0.2) is 33.5 Å². The first-order valence-corrected chi connectivity index (χ1v) is 17.0. The average molecular weight is 769 g/mol. The van der Waals surface area contributed by atoms with E-state index in [9.17, 15) is 52.6 Å². The molecule has 8 rings (SSSR count). The van der Waals surface area contributed by atoms with Gasteiger partial charge in [-0.15, -0.1) is 0 Å². The number of benzene rings is 6. The fourth-order valence-electron chi connectivity index (χ4n) is 7.09. The third-order valence-electron chi connectivity index (χ3n) is 9.92. The van der Waals surface area contributed by atoms with Gasteiger partial charge in [-0.05, 0) is 119 Å². The molecule has 0 unspecified atom stereocenters. The molecule has 6 aromatic carbocycles. The maximum atomic E-state index is 14.7. The number of aryl methyl sites for hydroxylation is 1. The van der Waals surface area contributed by atoms with Gasteiger partial charge in [0.05, 0.1) is 49.0 Å². The Labute approximate surface area is 319 Å². The Morgan fingerprint density at radius 2 is 0.825 bits per heavy atom. The van der Waals surface area contributed by atoms with Crippen molar-refractivity contribution < 1.29 is 42.2 Å². The quantitative estimate of drug-likeness (QED) is 0.0882. The van der Waals surface area contributed by atoms with E-state index in [1.165, 1.54) is 110 Å². The van der Waals surface area contributed by atoms with Gasteiger partial charge in [-0.25, -0.2) is 9.80 Å². The molecule has 15 heteroatoms. The van der Waals surface area contributed by atoms with Crippen molar-refractivity contribution in [2.75, 3.05) is 9.80 Å². The summed E-state index contributed by atoms with van der Waals surface area (Å²) >= 11 is 0. The number of hydrogen-bond donors (Lipinski definition) is 0. The Morgan fingerprint density at radius 3 is 1.23 bits per heavy atom. The number of rotatable bonds is 7. The molecule has 0 saturated heterocycles. The maximum absolute atomic E-state index is 14.7. The van der Waals surface area contributed by atoms with E-state index in [0.717, 1.165) is 11.0 Å². The van der Waals surface area contributed by atoms with Gasteiger partial charge in [0.2, 0.25) is 0 Å². The molecule has 2 aliphatic rings. The second-order valence-electron chi connectivity index (χ2n) is 13.2. The first-order chi connectivity index (χ1) is 27.1. The fraction of sp³-hybridized carbons (Fsp3) is 0.0476. The molecule has 0 saturated carbocycles. The van der Waals surface area contributed by atoms with Crippen LogP contribution >= 0.6 is 0 Å². The molecule has 6 aromatic rings. The van der Waals surface area contributed by atoms with Crippen LogP contribution < -0.4 is 9.80 Å². The van der Waals surface area contributed by atoms with E-state index in [-0.39, 0.29) is 61.7 Å². The van der Waals surface area contributed by atoms with Gasteiger partial charge in [-0.3, -0.25) is 39.4 Å². The van der Waals surface area contributed by atoms with Gasteiger partial charge in [-0.2, -0.15) is 13.2 Å². The second kappa shape index (κ2) is 13.2. The number of imide groups is 2. The molecule has 12 nitrogen and oxygen atoms in total. The Balaban J connectivity index is 1.08. The van der Waals surface area contributed by atoms with E-state index >= 15 is 0 Å². The van der Waals surface area contributed by atoms with Crippen LogP contribution in [0.5, 0.6) is 0 Å². The third-order valence-corrected chi connectivity index (χ3v) is 9.92. The lowest BCUT2D eigenvalue weighted by Crippen LogP contribution is -2.29. The molecule has 2 aliphatic heterocycles. The number of alkyl halides is 3. The monoisotopic (exact) mass is 768 g/mol. The van der Waals surface area contributed by atoms with Crippen LogP contribution in [0.1, 0.15) is 52.6 Å². The molecular weight excluding hydrogens is 745 g/mol. The van der Waals surface area contributed by atoms with E-state index in [0.29, 0.717) is 33.2 Å². The number of carbonyl (C=O) groups is 4. The van der Waals surface area contributed by atoms with E-state index in [1.807, 2.05) is 0 Å². The number of nitrogens with zero attached hydrogens (tertiary/aromatic N) is 4. The molecule has 0 atom stereocenters. The van der Waals surface area contributed by atoms with Crippen molar-refractivity contribution in [3.63, 3.8) is 0 Å². The van der Waals surface area contributed by atoms with Gasteiger partial charge >= 0.3 is 6.18 Å². The average Bonchev–Trinajstić information content (AvgIpc) is 3.60. The Kier molecular flexibility index (Phi) is 8.37. The molecule has 0 fully saturated rings. The van der Waals surface area contributed by atoms with Crippen LogP contribution in [-0.2, 0) is 6.18 Å². The van der Waals surface area contributed by atoms with Crippen LogP contribution in [0.15, 0.2) is 121 Å². The molecule has 0 aliphatic carbocycles. The number of fused-ring (bicyclic) bond motifs is 2. The highest BCUT2D eigenvalue weighted by molar-refractivity contribution is 6.35. The predicted octanol–water partition coefficient (Wildman–Crippen LogP) is 9.43. The number of carbonyl (C=O) groups excluding carboxylic acids is 4. The van der Waals surface area contributed by atoms with Gasteiger partial charge in [0, 0.05) is 24.3 Å². The molecule has 57 heavy (non-hydrogen) atoms. The lowest BCUT2D eigenvalue weighted by atomic mass is 9.94. The summed E-state index contributed by atoms with van der Waals surface area (Å²) in [6.07, 6.45) is -4.94. The van der Waals surface area contributed by atoms with Crippen LogP contribution in [0.4, 0.5) is 35.9 Å². The number of halogens is 3. The van der Waals surface area contributed by atoms with Crippen molar-refractivity contribution in [3.05, 3.63) is 175 Å². The molecule has 0 N–H and O–H groups in total. The first kappa shape index (κ1) is 36.2. The molecule has 0 aromatic heterocycles. The minimum Gasteiger partial charge on any atom is -0.268 e. The summed E-state index contributed by atoms with van der Waals surface area (Å²) in [6.45, 7) is 1.52. The lowest BCUT2D eigenvalue weighted by molar-refractivity contribution is -0.385. The zero-order valence-corrected chi connectivity index (χ0v) is 29.2. The normalized spacial score (nSPS) is 13.6. The van der Waals surface area contributed by atoms with Crippen molar-refractivity contribution >= 4 is 46.4 Å². The van der Waals surface area contributed by atoms with Gasteiger partial charge in [0.1, 0.15) is 0 Å². The minimum atomic E-state index is -4.94.